The summed E-state index contributed by atoms with van der Waals surface area (Å²) >= 11 is 0. The van der Waals surface area contributed by atoms with Crippen molar-refractivity contribution in [1.29, 1.82) is 0 Å². The second kappa shape index (κ2) is 8.36. The van der Waals surface area contributed by atoms with Gasteiger partial charge in [0.1, 0.15) is 17.5 Å². The van der Waals surface area contributed by atoms with Crippen molar-refractivity contribution in [2.24, 2.45) is 0 Å². The summed E-state index contributed by atoms with van der Waals surface area (Å²) in [6, 6.07) is 13.2. The minimum Gasteiger partial charge on any atom is -0.497 e. The molecule has 8 nitrogen and oxygen atoms in total. The summed E-state index contributed by atoms with van der Waals surface area (Å²) in [5.41, 5.74) is 2.60. The number of rotatable bonds is 5. The molecule has 0 saturated heterocycles. The monoisotopic (exact) mass is 406 g/mol. The Morgan fingerprint density at radius 2 is 1.93 bits per heavy atom. The van der Waals surface area contributed by atoms with Gasteiger partial charge >= 0.3 is 5.96 Å². The summed E-state index contributed by atoms with van der Waals surface area (Å²) in [6.45, 7) is 4.47. The van der Waals surface area contributed by atoms with Crippen LogP contribution in [0.2, 0.25) is 0 Å². The molecule has 2 heterocycles. The predicted molar refractivity (Wildman–Crippen MR) is 114 cm³/mol. The largest absolute Gasteiger partial charge is 0.497 e. The van der Waals surface area contributed by atoms with Crippen LogP contribution in [0, 0.1) is 6.92 Å². The minimum absolute atomic E-state index is 0.0871. The Bertz CT molecular complexity index is 1110. The Kier molecular flexibility index (Phi) is 5.47. The van der Waals surface area contributed by atoms with E-state index in [2.05, 4.69) is 25.6 Å². The summed E-state index contributed by atoms with van der Waals surface area (Å²) in [5, 5.41) is 6.84. The number of aryl methyl sites for hydroxylation is 1. The molecule has 8 heteroatoms. The lowest BCUT2D eigenvalue weighted by atomic mass is 10.0. The smallest absolute Gasteiger partial charge is 0.358 e. The SMILES string of the molecule is CCOc1ccc2nc(NC3=[NH+][C@H](c4ccc(OC)cc4)CC(=O)N3)nc(C)c2c1. The fourth-order valence-corrected chi connectivity index (χ4v) is 3.43. The molecule has 1 amide bonds. The van der Waals surface area contributed by atoms with Crippen molar-refractivity contribution in [3.63, 3.8) is 0 Å². The number of methoxy groups -OCH3 is 1. The number of nitrogens with one attached hydrogen (secondary N) is 3. The highest BCUT2D eigenvalue weighted by molar-refractivity contribution is 6.01. The fourth-order valence-electron chi connectivity index (χ4n) is 3.43. The van der Waals surface area contributed by atoms with Gasteiger partial charge in [0.25, 0.3) is 11.9 Å². The molecule has 154 valence electrons. The van der Waals surface area contributed by atoms with Crippen LogP contribution in [0.5, 0.6) is 11.5 Å². The van der Waals surface area contributed by atoms with Gasteiger partial charge in [-0.3, -0.25) is 9.79 Å². The zero-order chi connectivity index (χ0) is 21.1. The summed E-state index contributed by atoms with van der Waals surface area (Å²) in [7, 11) is 1.63. The highest BCUT2D eigenvalue weighted by Crippen LogP contribution is 2.23. The number of hydrogen-bond donors (Lipinski definition) is 3. The van der Waals surface area contributed by atoms with E-state index >= 15 is 0 Å². The van der Waals surface area contributed by atoms with Gasteiger partial charge in [-0.1, -0.05) is 12.1 Å². The number of hydrogen-bond acceptors (Lipinski definition) is 6. The standard InChI is InChI=1S/C22H23N5O3/c1-4-30-16-9-10-18-17(11-16)13(2)23-21(24-18)27-22-25-19(12-20(28)26-22)14-5-7-15(29-3)8-6-14/h5-11,19H,4,12H2,1-3H3,(H2,23,24,25,26,27,28)/p+1/t19-/m0/s1. The fraction of sp³-hybridized carbons (Fsp3) is 0.273. The third-order valence-electron chi connectivity index (χ3n) is 4.90. The number of nitrogens with zero attached hydrogens (tertiary/aromatic N) is 2. The van der Waals surface area contributed by atoms with Gasteiger partial charge in [0.05, 0.1) is 31.3 Å². The second-order valence-corrected chi connectivity index (χ2v) is 6.97. The lowest BCUT2D eigenvalue weighted by Crippen LogP contribution is -2.82. The Morgan fingerprint density at radius 1 is 1.17 bits per heavy atom. The van der Waals surface area contributed by atoms with Crippen molar-refractivity contribution in [3.05, 3.63) is 53.7 Å². The summed E-state index contributed by atoms with van der Waals surface area (Å²) in [5.74, 6) is 2.33. The quantitative estimate of drug-likeness (QED) is 0.593. The van der Waals surface area contributed by atoms with Gasteiger partial charge in [0, 0.05) is 5.39 Å². The molecule has 0 unspecified atom stereocenters. The van der Waals surface area contributed by atoms with E-state index in [4.69, 9.17) is 9.47 Å². The van der Waals surface area contributed by atoms with Crippen LogP contribution in [-0.2, 0) is 4.79 Å². The Hall–Kier alpha value is -3.68. The van der Waals surface area contributed by atoms with Crippen molar-refractivity contribution < 1.29 is 19.3 Å². The number of fused-ring (bicyclic) bond motifs is 1. The number of aromatic nitrogens is 2. The Labute approximate surface area is 174 Å². The van der Waals surface area contributed by atoms with Crippen molar-refractivity contribution in [1.82, 2.24) is 15.3 Å². The molecule has 3 N–H and O–H groups in total. The number of anilines is 1. The van der Waals surface area contributed by atoms with E-state index in [-0.39, 0.29) is 11.9 Å². The normalized spacial score (nSPS) is 16.0. The van der Waals surface area contributed by atoms with Crippen molar-refractivity contribution in [2.45, 2.75) is 26.3 Å². The molecule has 30 heavy (non-hydrogen) atoms. The van der Waals surface area contributed by atoms with Crippen LogP contribution in [0.1, 0.15) is 30.6 Å². The van der Waals surface area contributed by atoms with Crippen LogP contribution in [0.3, 0.4) is 0 Å². The van der Waals surface area contributed by atoms with E-state index in [0.717, 1.165) is 33.7 Å². The highest BCUT2D eigenvalue weighted by atomic mass is 16.5. The van der Waals surface area contributed by atoms with E-state index in [1.807, 2.05) is 56.3 Å². The Balaban J connectivity index is 1.60. The molecule has 2 aromatic carbocycles. The second-order valence-electron chi connectivity index (χ2n) is 6.97. The molecule has 3 aromatic rings. The van der Waals surface area contributed by atoms with E-state index in [0.29, 0.717) is 24.9 Å². The molecular formula is C22H24N5O3+. The molecule has 1 aromatic heterocycles. The number of carbonyl (C=O) groups excluding carboxylic acids is 1. The molecule has 0 fully saturated rings. The molecule has 0 aliphatic carbocycles. The zero-order valence-corrected chi connectivity index (χ0v) is 17.2. The number of ether oxygens (including phenoxy) is 2. The van der Waals surface area contributed by atoms with Crippen molar-refractivity contribution in [2.75, 3.05) is 19.0 Å². The molecule has 0 bridgehead atoms. The first-order valence-electron chi connectivity index (χ1n) is 9.81. The minimum atomic E-state index is -0.164. The lowest BCUT2D eigenvalue weighted by Gasteiger charge is -2.17. The van der Waals surface area contributed by atoms with Crippen LogP contribution in [0.4, 0.5) is 5.95 Å². The molecule has 0 spiro atoms. The van der Waals surface area contributed by atoms with E-state index < -0.39 is 0 Å². The van der Waals surface area contributed by atoms with Gasteiger partial charge < -0.3 is 9.47 Å². The van der Waals surface area contributed by atoms with Gasteiger partial charge in [-0.2, -0.15) is 4.98 Å². The highest BCUT2D eigenvalue weighted by Gasteiger charge is 2.28. The summed E-state index contributed by atoms with van der Waals surface area (Å²) in [4.78, 5) is 24.7. The van der Waals surface area contributed by atoms with Gasteiger partial charge in [0.15, 0.2) is 0 Å². The molecule has 0 saturated carbocycles. The first kappa shape index (κ1) is 19.6. The van der Waals surface area contributed by atoms with Crippen LogP contribution in [-0.4, -0.2) is 35.6 Å². The number of benzene rings is 2. The zero-order valence-electron chi connectivity index (χ0n) is 17.2. The maximum Gasteiger partial charge on any atom is 0.358 e. The van der Waals surface area contributed by atoms with Crippen LogP contribution in [0.25, 0.3) is 10.9 Å². The summed E-state index contributed by atoms with van der Waals surface area (Å²) in [6.07, 6.45) is 0.329. The van der Waals surface area contributed by atoms with Crippen molar-refractivity contribution in [3.8, 4) is 11.5 Å². The predicted octanol–water partition coefficient (Wildman–Crippen LogP) is 1.46. The molecule has 1 aliphatic heterocycles. The number of amides is 1. The van der Waals surface area contributed by atoms with E-state index in [1.54, 1.807) is 7.11 Å². The molecule has 1 aliphatic rings. The average molecular weight is 406 g/mol. The lowest BCUT2D eigenvalue weighted by molar-refractivity contribution is -0.513. The number of carbonyl (C=O) groups is 1. The average Bonchev–Trinajstić information content (AvgIpc) is 2.74. The van der Waals surface area contributed by atoms with Gasteiger partial charge in [-0.05, 0) is 49.7 Å². The summed E-state index contributed by atoms with van der Waals surface area (Å²) < 4.78 is 10.8. The topological polar surface area (TPSA) is 99.3 Å². The first-order valence-corrected chi connectivity index (χ1v) is 9.81. The van der Waals surface area contributed by atoms with E-state index in [1.165, 1.54) is 0 Å². The maximum atomic E-state index is 12.3. The van der Waals surface area contributed by atoms with Gasteiger partial charge in [-0.15, -0.1) is 0 Å². The van der Waals surface area contributed by atoms with Crippen LogP contribution < -0.4 is 25.1 Å². The molecule has 4 rings (SSSR count). The molecular weight excluding hydrogens is 382 g/mol. The van der Waals surface area contributed by atoms with Crippen LogP contribution in [0.15, 0.2) is 42.5 Å². The third-order valence-corrected chi connectivity index (χ3v) is 4.90. The molecule has 1 atom stereocenters. The van der Waals surface area contributed by atoms with Crippen molar-refractivity contribution >= 4 is 28.7 Å². The third kappa shape index (κ3) is 4.17. The van der Waals surface area contributed by atoms with Gasteiger partial charge in [-0.25, -0.2) is 15.6 Å². The van der Waals surface area contributed by atoms with Gasteiger partial charge in [0.2, 0.25) is 0 Å². The Morgan fingerprint density at radius 3 is 2.67 bits per heavy atom. The maximum absolute atomic E-state index is 12.3. The molecule has 0 radical (unpaired) electrons. The van der Waals surface area contributed by atoms with E-state index in [9.17, 15) is 4.79 Å². The first-order chi connectivity index (χ1) is 14.6. The number of guanidine groups is 1. The van der Waals surface area contributed by atoms with Crippen LogP contribution >= 0.6 is 0 Å².